The summed E-state index contributed by atoms with van der Waals surface area (Å²) in [7, 11) is -1.62. The van der Waals surface area contributed by atoms with Crippen LogP contribution in [-0.2, 0) is 34.2 Å². The molecule has 0 bridgehead atoms. The van der Waals surface area contributed by atoms with Crippen LogP contribution in [0.25, 0.3) is 0 Å². The molecule has 0 radical (unpaired) electrons. The summed E-state index contributed by atoms with van der Waals surface area (Å²) >= 11 is 0. The smallest absolute Gasteiger partial charge is 0.230 e. The fourth-order valence-electron chi connectivity index (χ4n) is 1.99. The average Bonchev–Trinajstić information content (AvgIpc) is 2.62. The van der Waals surface area contributed by atoms with Gasteiger partial charge in [0, 0.05) is 34.0 Å². The van der Waals surface area contributed by atoms with Gasteiger partial charge in [0.2, 0.25) is 17.7 Å². The normalized spacial score (nSPS) is 12.1. The molecule has 0 fully saturated rings. The predicted octanol–water partition coefficient (Wildman–Crippen LogP) is 3.16. The Bertz CT molecular complexity index is 831. The summed E-state index contributed by atoms with van der Waals surface area (Å²) in [6, 6.07) is 16.3. The van der Waals surface area contributed by atoms with Gasteiger partial charge in [0.25, 0.3) is 0 Å². The molecule has 0 aliphatic carbocycles. The van der Waals surface area contributed by atoms with Gasteiger partial charge in [-0.15, -0.1) is 0 Å². The molecule has 0 aromatic heterocycles. The molecule has 152 valence electrons. The molecule has 0 heterocycles. The van der Waals surface area contributed by atoms with E-state index in [1.165, 1.54) is 0 Å². The largest absolute Gasteiger partial charge is 0.305 e. The number of benzene rings is 2. The van der Waals surface area contributed by atoms with Crippen LogP contribution in [0.3, 0.4) is 0 Å². The summed E-state index contributed by atoms with van der Waals surface area (Å²) in [5.74, 6) is 0.559. The minimum atomic E-state index is -3.46. The van der Waals surface area contributed by atoms with Crippen LogP contribution in [0.4, 0.5) is 0 Å². The van der Waals surface area contributed by atoms with Crippen LogP contribution in [0, 0.1) is 0 Å². The molecule has 0 spiro atoms. The molecule has 0 aliphatic rings. The molecule has 2 aromatic rings. The van der Waals surface area contributed by atoms with Crippen molar-refractivity contribution in [2.45, 2.75) is 15.8 Å². The van der Waals surface area contributed by atoms with Gasteiger partial charge in [0.1, 0.15) is 0 Å². The van der Waals surface area contributed by atoms with Crippen molar-refractivity contribution < 1.29 is 33.3 Å². The third kappa shape index (κ3) is 7.44. The van der Waals surface area contributed by atoms with E-state index in [1.807, 2.05) is 19.0 Å². The zero-order valence-corrected chi connectivity index (χ0v) is 19.0. The maximum atomic E-state index is 12.4. The quantitative estimate of drug-likeness (QED) is 0.395. The van der Waals surface area contributed by atoms with Crippen LogP contribution in [0.5, 0.6) is 0 Å². The van der Waals surface area contributed by atoms with Gasteiger partial charge in [-0.3, -0.25) is 0 Å². The molecule has 0 saturated heterocycles. The molecule has 0 N–H and O–H groups in total. The number of hydrogen-bond donors (Lipinski definition) is 0. The van der Waals surface area contributed by atoms with E-state index in [0.717, 1.165) is 21.6 Å². The fourth-order valence-corrected chi connectivity index (χ4v) is 8.40. The molecule has 5 nitrogen and oxygen atoms in total. The molecule has 0 amide bonds. The first kappa shape index (κ1) is 24.5. The average molecular weight is 490 g/mol. The molecule has 27 heavy (non-hydrogen) atoms. The summed E-state index contributed by atoms with van der Waals surface area (Å²) < 4.78 is 49.6. The SMILES string of the molecule is CN(C)C(CSS(=O)(=O)c1ccccc1)CSS(=O)(=O)c1ccccc1.[Ni]. The van der Waals surface area contributed by atoms with Crippen LogP contribution in [-0.4, -0.2) is 53.4 Å². The maximum absolute atomic E-state index is 12.4. The van der Waals surface area contributed by atoms with E-state index < -0.39 is 17.7 Å². The van der Waals surface area contributed by atoms with E-state index in [4.69, 9.17) is 0 Å². The first-order valence-electron chi connectivity index (χ1n) is 7.78. The van der Waals surface area contributed by atoms with Crippen LogP contribution < -0.4 is 0 Å². The topological polar surface area (TPSA) is 71.5 Å². The monoisotopic (exact) mass is 489 g/mol. The van der Waals surface area contributed by atoms with Gasteiger partial charge in [-0.25, -0.2) is 16.8 Å². The molecule has 2 aromatic carbocycles. The number of hydrogen-bond acceptors (Lipinski definition) is 7. The summed E-state index contributed by atoms with van der Waals surface area (Å²) in [6.07, 6.45) is 0. The maximum Gasteiger partial charge on any atom is 0.230 e. The molecule has 10 heteroatoms. The molecule has 0 saturated carbocycles. The van der Waals surface area contributed by atoms with E-state index >= 15 is 0 Å². The van der Waals surface area contributed by atoms with E-state index in [9.17, 15) is 16.8 Å². The second-order valence-electron chi connectivity index (χ2n) is 5.72. The minimum absolute atomic E-state index is 0. The first-order chi connectivity index (χ1) is 12.2. The van der Waals surface area contributed by atoms with E-state index in [-0.39, 0.29) is 43.8 Å². The van der Waals surface area contributed by atoms with Crippen LogP contribution in [0.2, 0.25) is 0 Å². The van der Waals surface area contributed by atoms with Crippen LogP contribution in [0.15, 0.2) is 70.5 Å². The minimum Gasteiger partial charge on any atom is -0.305 e. The zero-order valence-electron chi connectivity index (χ0n) is 14.8. The molecule has 0 atom stereocenters. The molecule has 0 aliphatic heterocycles. The Morgan fingerprint density at radius 2 is 1.07 bits per heavy atom. The molecular weight excluding hydrogens is 469 g/mol. The Balaban J connectivity index is 0.00000364. The number of rotatable bonds is 9. The van der Waals surface area contributed by atoms with Crippen molar-refractivity contribution in [2.75, 3.05) is 25.6 Å². The second kappa shape index (κ2) is 10.9. The summed E-state index contributed by atoms with van der Waals surface area (Å²) in [6.45, 7) is 0. The van der Waals surface area contributed by atoms with Crippen LogP contribution >= 0.6 is 21.6 Å². The second-order valence-corrected chi connectivity index (χ2v) is 13.7. The Labute approximate surface area is 178 Å². The van der Waals surface area contributed by atoms with E-state index in [1.54, 1.807) is 60.7 Å². The van der Waals surface area contributed by atoms with Crippen LogP contribution in [0.1, 0.15) is 0 Å². The van der Waals surface area contributed by atoms with Gasteiger partial charge < -0.3 is 4.90 Å². The Morgan fingerprint density at radius 1 is 0.741 bits per heavy atom. The van der Waals surface area contributed by atoms with Gasteiger partial charge in [-0.05, 0) is 59.9 Å². The first-order valence-corrected chi connectivity index (χ1v) is 13.7. The van der Waals surface area contributed by atoms with Crippen molar-refractivity contribution in [2.24, 2.45) is 0 Å². The van der Waals surface area contributed by atoms with Gasteiger partial charge in [-0.1, -0.05) is 36.4 Å². The summed E-state index contributed by atoms with van der Waals surface area (Å²) in [4.78, 5) is 2.36. The fraction of sp³-hybridized carbons (Fsp3) is 0.294. The van der Waals surface area contributed by atoms with Gasteiger partial charge in [0.05, 0.1) is 9.79 Å². The third-order valence-corrected chi connectivity index (χ3v) is 10.8. The van der Waals surface area contributed by atoms with Crippen molar-refractivity contribution in [3.63, 3.8) is 0 Å². The Kier molecular flexibility index (Phi) is 9.88. The van der Waals surface area contributed by atoms with Crippen molar-refractivity contribution in [3.8, 4) is 0 Å². The molecule has 0 unspecified atom stereocenters. The molecular formula is C17H21NNiO4S4. The summed E-state index contributed by atoms with van der Waals surface area (Å²) in [5, 5.41) is 0. The predicted molar refractivity (Wildman–Crippen MR) is 110 cm³/mol. The van der Waals surface area contributed by atoms with Crippen molar-refractivity contribution in [3.05, 3.63) is 60.7 Å². The van der Waals surface area contributed by atoms with E-state index in [2.05, 4.69) is 0 Å². The zero-order chi connectivity index (χ0) is 19.2. The Hall–Kier alpha value is -0.506. The van der Waals surface area contributed by atoms with Crippen molar-refractivity contribution in [1.82, 2.24) is 4.90 Å². The summed E-state index contributed by atoms with van der Waals surface area (Å²) in [5.41, 5.74) is 0. The number of nitrogens with zero attached hydrogens (tertiary/aromatic N) is 1. The standard InChI is InChI=1S/C17H21NO4S4.Ni/c1-18(2)15(13-23-25(19,20)16-9-5-3-6-10-16)14-24-26(21,22)17-11-7-4-8-12-17;/h3-12,15H,13-14H2,1-2H3;. The third-order valence-electron chi connectivity index (χ3n) is 3.63. The van der Waals surface area contributed by atoms with Gasteiger partial charge in [-0.2, -0.15) is 0 Å². The van der Waals surface area contributed by atoms with Gasteiger partial charge >= 0.3 is 0 Å². The van der Waals surface area contributed by atoms with E-state index in [0.29, 0.717) is 0 Å². The molecule has 2 rings (SSSR count). The van der Waals surface area contributed by atoms with Gasteiger partial charge in [0.15, 0.2) is 0 Å². The van der Waals surface area contributed by atoms with Crippen molar-refractivity contribution in [1.29, 1.82) is 0 Å². The van der Waals surface area contributed by atoms with Crippen molar-refractivity contribution >= 4 is 39.3 Å². The Morgan fingerprint density at radius 3 is 1.37 bits per heavy atom.